The van der Waals surface area contributed by atoms with Crippen molar-refractivity contribution >= 4 is 27.5 Å². The lowest BCUT2D eigenvalue weighted by Crippen LogP contribution is -2.42. The van der Waals surface area contributed by atoms with Crippen molar-refractivity contribution in [2.75, 3.05) is 23.8 Å². The molecule has 2 aliphatic carbocycles. The Kier molecular flexibility index (Phi) is 7.81. The van der Waals surface area contributed by atoms with Gasteiger partial charge in [-0.2, -0.15) is 0 Å². The molecule has 0 unspecified atom stereocenters. The maximum Gasteiger partial charge on any atom is 0.233 e. The topological polar surface area (TPSA) is 94.4 Å². The smallest absolute Gasteiger partial charge is 0.233 e. The third kappa shape index (κ3) is 5.67. The first-order valence-electron chi connectivity index (χ1n) is 13.2. The molecule has 8 nitrogen and oxygen atoms in total. The number of para-hydroxylation sites is 1. The molecule has 2 aromatic rings. The first kappa shape index (κ1) is 26.5. The molecule has 37 heavy (non-hydrogen) atoms. The molecule has 3 aliphatic rings. The predicted octanol–water partition coefficient (Wildman–Crippen LogP) is 4.12. The average Bonchev–Trinajstić information content (AvgIpc) is 3.66. The standard InChI is InChI=1S/C26H35FN4O4S2/c1-3-30(20-10-11-37(33,34)16-20)25(32)15-36-26-29-28-24(14-35-23-7-5-4-6-22(23)27)31(26)17(2)21-13-18-8-9-19(21)12-18/h4-7,17-21H,3,8-16H2,1-2H3/t17-,18-,19-,20-,21+/m1/s1. The van der Waals surface area contributed by atoms with Crippen molar-refractivity contribution in [3.8, 4) is 5.75 Å². The van der Waals surface area contributed by atoms with Gasteiger partial charge < -0.3 is 9.64 Å². The molecule has 5 rings (SSSR count). The van der Waals surface area contributed by atoms with E-state index < -0.39 is 15.7 Å². The van der Waals surface area contributed by atoms with E-state index in [0.29, 0.717) is 35.8 Å². The summed E-state index contributed by atoms with van der Waals surface area (Å²) in [6.45, 7) is 4.62. The van der Waals surface area contributed by atoms with Gasteiger partial charge in [0.25, 0.3) is 0 Å². The van der Waals surface area contributed by atoms with E-state index in [1.807, 2.05) is 6.92 Å². The Morgan fingerprint density at radius 2 is 2.05 bits per heavy atom. The molecule has 1 aromatic heterocycles. The Labute approximate surface area is 222 Å². The van der Waals surface area contributed by atoms with Gasteiger partial charge in [0.05, 0.1) is 17.3 Å². The zero-order chi connectivity index (χ0) is 26.2. The Morgan fingerprint density at radius 1 is 1.24 bits per heavy atom. The van der Waals surface area contributed by atoms with Crippen LogP contribution in [0.4, 0.5) is 4.39 Å². The SMILES string of the molecule is CCN(C(=O)CSc1nnc(COc2ccccc2F)n1[C@H](C)[C@@H]1C[C@@H]2CC[C@@H]1C2)[C@@H]1CCS(=O)(=O)C1. The minimum absolute atomic E-state index is 0.0340. The summed E-state index contributed by atoms with van der Waals surface area (Å²) in [5.74, 6) is 2.55. The van der Waals surface area contributed by atoms with Gasteiger partial charge in [-0.25, -0.2) is 12.8 Å². The molecule has 0 radical (unpaired) electrons. The highest BCUT2D eigenvalue weighted by Gasteiger charge is 2.43. The van der Waals surface area contributed by atoms with Gasteiger partial charge in [-0.15, -0.1) is 10.2 Å². The van der Waals surface area contributed by atoms with Gasteiger partial charge in [-0.1, -0.05) is 30.3 Å². The molecule has 2 heterocycles. The zero-order valence-electron chi connectivity index (χ0n) is 21.4. The molecule has 3 fully saturated rings. The van der Waals surface area contributed by atoms with Gasteiger partial charge in [0, 0.05) is 18.6 Å². The van der Waals surface area contributed by atoms with Crippen LogP contribution in [0.15, 0.2) is 29.4 Å². The molecule has 202 valence electrons. The molecule has 1 saturated heterocycles. The van der Waals surface area contributed by atoms with Crippen LogP contribution in [-0.2, 0) is 21.2 Å². The minimum atomic E-state index is -3.08. The van der Waals surface area contributed by atoms with E-state index in [1.54, 1.807) is 23.1 Å². The quantitative estimate of drug-likeness (QED) is 0.411. The van der Waals surface area contributed by atoms with Crippen LogP contribution >= 0.6 is 11.8 Å². The molecular formula is C26H35FN4O4S2. The number of ether oxygens (including phenoxy) is 1. The van der Waals surface area contributed by atoms with E-state index in [4.69, 9.17) is 4.74 Å². The van der Waals surface area contributed by atoms with Gasteiger partial charge in [-0.3, -0.25) is 9.36 Å². The Balaban J connectivity index is 1.33. The molecule has 11 heteroatoms. The third-order valence-corrected chi connectivity index (χ3v) is 11.1. The van der Waals surface area contributed by atoms with Crippen molar-refractivity contribution in [2.24, 2.45) is 17.8 Å². The number of sulfone groups is 1. The van der Waals surface area contributed by atoms with Gasteiger partial charge in [0.2, 0.25) is 5.91 Å². The van der Waals surface area contributed by atoms with Gasteiger partial charge >= 0.3 is 0 Å². The largest absolute Gasteiger partial charge is 0.483 e. The lowest BCUT2D eigenvalue weighted by molar-refractivity contribution is -0.129. The number of benzene rings is 1. The van der Waals surface area contributed by atoms with E-state index in [9.17, 15) is 17.6 Å². The summed E-state index contributed by atoms with van der Waals surface area (Å²) in [7, 11) is -3.08. The number of carbonyl (C=O) groups is 1. The predicted molar refractivity (Wildman–Crippen MR) is 140 cm³/mol. The van der Waals surface area contributed by atoms with E-state index in [0.717, 1.165) is 5.92 Å². The van der Waals surface area contributed by atoms with Crippen LogP contribution in [0, 0.1) is 23.6 Å². The Morgan fingerprint density at radius 3 is 2.70 bits per heavy atom. The number of nitrogens with zero attached hydrogens (tertiary/aromatic N) is 4. The number of aromatic nitrogens is 3. The first-order valence-corrected chi connectivity index (χ1v) is 16.0. The summed E-state index contributed by atoms with van der Waals surface area (Å²) in [5.41, 5.74) is 0. The zero-order valence-corrected chi connectivity index (χ0v) is 23.0. The first-order chi connectivity index (χ1) is 17.8. The van der Waals surface area contributed by atoms with Gasteiger partial charge in [-0.05, 0) is 69.4 Å². The maximum atomic E-state index is 14.1. The van der Waals surface area contributed by atoms with Crippen LogP contribution in [0.5, 0.6) is 5.75 Å². The van der Waals surface area contributed by atoms with Crippen LogP contribution in [-0.4, -0.2) is 63.8 Å². The van der Waals surface area contributed by atoms with Crippen molar-refractivity contribution in [2.45, 2.75) is 69.8 Å². The van der Waals surface area contributed by atoms with E-state index >= 15 is 0 Å². The number of hydrogen-bond donors (Lipinski definition) is 0. The fourth-order valence-electron chi connectivity index (χ4n) is 6.56. The van der Waals surface area contributed by atoms with Crippen LogP contribution in [0.1, 0.15) is 57.8 Å². The molecule has 2 saturated carbocycles. The summed E-state index contributed by atoms with van der Waals surface area (Å²) in [5, 5.41) is 9.46. The molecule has 2 bridgehead atoms. The van der Waals surface area contributed by atoms with Crippen molar-refractivity contribution in [3.63, 3.8) is 0 Å². The summed E-state index contributed by atoms with van der Waals surface area (Å²) in [6, 6.07) is 6.16. The molecule has 1 aromatic carbocycles. The highest BCUT2D eigenvalue weighted by molar-refractivity contribution is 7.99. The summed E-state index contributed by atoms with van der Waals surface area (Å²) in [4.78, 5) is 14.8. The highest BCUT2D eigenvalue weighted by Crippen LogP contribution is 2.52. The maximum absolute atomic E-state index is 14.1. The fourth-order valence-corrected chi connectivity index (χ4v) is 9.22. The van der Waals surface area contributed by atoms with Crippen LogP contribution in [0.3, 0.4) is 0 Å². The average molecular weight is 551 g/mol. The van der Waals surface area contributed by atoms with Crippen molar-refractivity contribution in [1.29, 1.82) is 0 Å². The second-order valence-corrected chi connectivity index (χ2v) is 13.8. The Hall–Kier alpha value is -2.14. The highest BCUT2D eigenvalue weighted by atomic mass is 32.2. The second kappa shape index (κ2) is 10.9. The molecule has 0 spiro atoms. The number of rotatable bonds is 10. The monoisotopic (exact) mass is 550 g/mol. The number of amides is 1. The van der Waals surface area contributed by atoms with Crippen molar-refractivity contribution in [1.82, 2.24) is 19.7 Å². The van der Waals surface area contributed by atoms with Gasteiger partial charge in [0.15, 0.2) is 32.4 Å². The van der Waals surface area contributed by atoms with Gasteiger partial charge in [0.1, 0.15) is 6.61 Å². The molecule has 1 amide bonds. The fraction of sp³-hybridized carbons (Fsp3) is 0.654. The van der Waals surface area contributed by atoms with Crippen molar-refractivity contribution < 1.29 is 22.3 Å². The van der Waals surface area contributed by atoms with Crippen LogP contribution in [0.25, 0.3) is 0 Å². The number of carbonyl (C=O) groups excluding carboxylic acids is 1. The number of thioether (sulfide) groups is 1. The second-order valence-electron chi connectivity index (χ2n) is 10.6. The van der Waals surface area contributed by atoms with E-state index in [-0.39, 0.29) is 47.6 Å². The van der Waals surface area contributed by atoms with E-state index in [2.05, 4.69) is 21.7 Å². The summed E-state index contributed by atoms with van der Waals surface area (Å²) in [6.07, 6.45) is 5.50. The minimum Gasteiger partial charge on any atom is -0.483 e. The third-order valence-electron chi connectivity index (χ3n) is 8.38. The lowest BCUT2D eigenvalue weighted by Gasteiger charge is -2.30. The Bertz CT molecular complexity index is 1240. The molecule has 1 aliphatic heterocycles. The molecule has 5 atom stereocenters. The summed E-state index contributed by atoms with van der Waals surface area (Å²) < 4.78 is 45.9. The number of hydrogen-bond acceptors (Lipinski definition) is 7. The lowest BCUT2D eigenvalue weighted by atomic mass is 9.84. The molecule has 0 N–H and O–H groups in total. The number of halogens is 1. The van der Waals surface area contributed by atoms with Crippen LogP contribution < -0.4 is 4.74 Å². The molecular weight excluding hydrogens is 515 g/mol. The summed E-state index contributed by atoms with van der Waals surface area (Å²) >= 11 is 1.33. The van der Waals surface area contributed by atoms with Crippen molar-refractivity contribution in [3.05, 3.63) is 35.9 Å². The van der Waals surface area contributed by atoms with Crippen LogP contribution in [0.2, 0.25) is 0 Å². The normalized spacial score (nSPS) is 26.9. The number of fused-ring (bicyclic) bond motifs is 2. The van der Waals surface area contributed by atoms with E-state index in [1.165, 1.54) is 43.5 Å².